The maximum absolute atomic E-state index is 12.9. The van der Waals surface area contributed by atoms with Crippen LogP contribution in [0.4, 0.5) is 0 Å². The summed E-state index contributed by atoms with van der Waals surface area (Å²) in [7, 11) is 1.36. The second-order valence-corrected chi connectivity index (χ2v) is 6.37. The average Bonchev–Trinajstić information content (AvgIpc) is 2.96. The van der Waals surface area contributed by atoms with Crippen LogP contribution in [0.2, 0.25) is 0 Å². The topological polar surface area (TPSA) is 83.2 Å². The minimum atomic E-state index is -0.292. The van der Waals surface area contributed by atoms with E-state index in [-0.39, 0.29) is 30.1 Å². The number of methoxy groups -OCH3 is 1. The molecule has 27 heavy (non-hydrogen) atoms. The molecule has 0 atom stereocenters. The lowest BCUT2D eigenvalue weighted by molar-refractivity contribution is -0.140. The predicted molar refractivity (Wildman–Crippen MR) is 101 cm³/mol. The number of ether oxygens (including phenoxy) is 1. The van der Waals surface area contributed by atoms with E-state index in [9.17, 15) is 14.4 Å². The van der Waals surface area contributed by atoms with E-state index < -0.39 is 0 Å². The highest BCUT2D eigenvalue weighted by Crippen LogP contribution is 2.18. The number of ketones is 1. The molecule has 140 valence electrons. The number of hydrogen-bond donors (Lipinski definition) is 0. The van der Waals surface area contributed by atoms with Crippen molar-refractivity contribution in [1.29, 1.82) is 0 Å². The van der Waals surface area contributed by atoms with Crippen LogP contribution in [-0.2, 0) is 22.6 Å². The first-order valence-corrected chi connectivity index (χ1v) is 8.64. The summed E-state index contributed by atoms with van der Waals surface area (Å²) in [4.78, 5) is 36.2. The van der Waals surface area contributed by atoms with E-state index >= 15 is 0 Å². The number of carbonyl (C=O) groups excluding carboxylic acids is 2. The van der Waals surface area contributed by atoms with Gasteiger partial charge in [-0.2, -0.15) is 5.10 Å². The highest BCUT2D eigenvalue weighted by Gasteiger charge is 2.18. The molecule has 0 aliphatic rings. The van der Waals surface area contributed by atoms with Crippen LogP contribution in [0.3, 0.4) is 0 Å². The zero-order valence-corrected chi connectivity index (χ0v) is 15.6. The van der Waals surface area contributed by atoms with Crippen molar-refractivity contribution >= 4 is 22.7 Å². The Bertz CT molecular complexity index is 1080. The highest BCUT2D eigenvalue weighted by atomic mass is 16.5. The van der Waals surface area contributed by atoms with E-state index in [0.29, 0.717) is 23.0 Å². The molecule has 0 aliphatic heterocycles. The number of hydrogen-bond acceptors (Lipinski definition) is 5. The molecule has 1 aromatic carbocycles. The molecule has 0 unspecified atom stereocenters. The van der Waals surface area contributed by atoms with Crippen LogP contribution in [0, 0.1) is 13.8 Å². The van der Waals surface area contributed by atoms with Gasteiger partial charge in [0.05, 0.1) is 25.2 Å². The molecular formula is C20H21N3O4. The maximum atomic E-state index is 12.9. The van der Waals surface area contributed by atoms with Crippen molar-refractivity contribution in [3.8, 4) is 0 Å². The summed E-state index contributed by atoms with van der Waals surface area (Å²) in [5.41, 5.74) is 2.74. The number of carbonyl (C=O) groups is 2. The molecular weight excluding hydrogens is 346 g/mol. The summed E-state index contributed by atoms with van der Waals surface area (Å²) in [6.07, 6.45) is 1.47. The summed E-state index contributed by atoms with van der Waals surface area (Å²) in [6.45, 7) is 4.24. The van der Waals surface area contributed by atoms with Gasteiger partial charge in [0.1, 0.15) is 6.54 Å². The Morgan fingerprint density at radius 2 is 1.93 bits per heavy atom. The summed E-state index contributed by atoms with van der Waals surface area (Å²) in [5.74, 6) is -0.395. The fourth-order valence-corrected chi connectivity index (χ4v) is 3.24. The molecule has 0 saturated carbocycles. The molecule has 0 fully saturated rings. The Morgan fingerprint density at radius 3 is 2.67 bits per heavy atom. The average molecular weight is 367 g/mol. The van der Waals surface area contributed by atoms with E-state index in [1.807, 2.05) is 30.5 Å². The van der Waals surface area contributed by atoms with Crippen LogP contribution in [0.25, 0.3) is 10.9 Å². The molecule has 0 radical (unpaired) electrons. The van der Waals surface area contributed by atoms with Gasteiger partial charge in [0, 0.05) is 28.9 Å². The molecule has 7 heteroatoms. The largest absolute Gasteiger partial charge is 0.469 e. The second kappa shape index (κ2) is 7.57. The van der Waals surface area contributed by atoms with Crippen molar-refractivity contribution in [2.45, 2.75) is 33.4 Å². The number of nitrogens with zero attached hydrogens (tertiary/aromatic N) is 3. The number of benzene rings is 1. The number of rotatable bonds is 6. The van der Waals surface area contributed by atoms with Gasteiger partial charge in [-0.25, -0.2) is 0 Å². The summed E-state index contributed by atoms with van der Waals surface area (Å²) >= 11 is 0. The molecule has 0 aliphatic carbocycles. The molecule has 3 rings (SSSR count). The van der Waals surface area contributed by atoms with Gasteiger partial charge in [0.2, 0.25) is 5.43 Å². The fourth-order valence-electron chi connectivity index (χ4n) is 3.24. The van der Waals surface area contributed by atoms with Crippen LogP contribution < -0.4 is 5.43 Å². The number of aryl methyl sites for hydroxylation is 1. The van der Waals surface area contributed by atoms with Crippen molar-refractivity contribution in [3.63, 3.8) is 0 Å². The Balaban J connectivity index is 1.89. The van der Waals surface area contributed by atoms with Crippen LogP contribution in [0.15, 0.2) is 41.3 Å². The zero-order chi connectivity index (χ0) is 19.6. The van der Waals surface area contributed by atoms with Crippen LogP contribution in [0.1, 0.15) is 28.2 Å². The minimum Gasteiger partial charge on any atom is -0.469 e. The minimum absolute atomic E-state index is 0.0298. The SMILES string of the molecule is COC(=O)CCn1c(C)cc(C(=O)Cn2ncc(=O)c3ccccc32)c1C. The third-order valence-electron chi connectivity index (χ3n) is 4.70. The number of para-hydroxylation sites is 1. The summed E-state index contributed by atoms with van der Waals surface area (Å²) < 4.78 is 8.15. The van der Waals surface area contributed by atoms with Crippen molar-refractivity contribution in [1.82, 2.24) is 14.3 Å². The van der Waals surface area contributed by atoms with Gasteiger partial charge < -0.3 is 9.30 Å². The normalized spacial score (nSPS) is 10.9. The van der Waals surface area contributed by atoms with Crippen LogP contribution in [-0.4, -0.2) is 33.2 Å². The lowest BCUT2D eigenvalue weighted by atomic mass is 10.1. The lowest BCUT2D eigenvalue weighted by Gasteiger charge is -2.10. The van der Waals surface area contributed by atoms with E-state index in [1.165, 1.54) is 13.3 Å². The Labute approximate surface area is 156 Å². The summed E-state index contributed by atoms with van der Waals surface area (Å²) in [6, 6.07) is 8.91. The first-order valence-electron chi connectivity index (χ1n) is 8.64. The molecule has 0 spiro atoms. The predicted octanol–water partition coefficient (Wildman–Crippen LogP) is 2.26. The quantitative estimate of drug-likeness (QED) is 0.493. The smallest absolute Gasteiger partial charge is 0.307 e. The van der Waals surface area contributed by atoms with Gasteiger partial charge >= 0.3 is 5.97 Å². The maximum Gasteiger partial charge on any atom is 0.307 e. The molecule has 7 nitrogen and oxygen atoms in total. The van der Waals surface area contributed by atoms with Crippen molar-refractivity contribution in [3.05, 3.63) is 63.7 Å². The van der Waals surface area contributed by atoms with Crippen LogP contribution in [0.5, 0.6) is 0 Å². The zero-order valence-electron chi connectivity index (χ0n) is 15.6. The number of fused-ring (bicyclic) bond motifs is 1. The Kier molecular flexibility index (Phi) is 5.21. The number of Topliss-reactive ketones (excluding diaryl/α,β-unsaturated/α-hetero) is 1. The summed E-state index contributed by atoms with van der Waals surface area (Å²) in [5, 5.41) is 4.65. The van der Waals surface area contributed by atoms with Gasteiger partial charge in [-0.1, -0.05) is 12.1 Å². The molecule has 3 aromatic rings. The van der Waals surface area contributed by atoms with E-state index in [2.05, 4.69) is 9.84 Å². The molecule has 0 saturated heterocycles. The van der Waals surface area contributed by atoms with Gasteiger partial charge in [-0.15, -0.1) is 0 Å². The van der Waals surface area contributed by atoms with E-state index in [0.717, 1.165) is 11.4 Å². The first-order chi connectivity index (χ1) is 12.9. The molecule has 0 amide bonds. The molecule has 0 bridgehead atoms. The standard InChI is InChI=1S/C20H21N3O4/c1-13-10-16(14(2)22(13)9-8-20(26)27-3)19(25)12-23-17-7-5-4-6-15(17)18(24)11-21-23/h4-7,10-11H,8-9,12H2,1-3H3. The van der Waals surface area contributed by atoms with Gasteiger partial charge in [-0.3, -0.25) is 19.1 Å². The monoisotopic (exact) mass is 367 g/mol. The second-order valence-electron chi connectivity index (χ2n) is 6.37. The van der Waals surface area contributed by atoms with E-state index in [1.54, 1.807) is 22.9 Å². The first kappa shape index (κ1) is 18.6. The van der Waals surface area contributed by atoms with Crippen molar-refractivity contribution < 1.29 is 14.3 Å². The molecule has 0 N–H and O–H groups in total. The third-order valence-corrected chi connectivity index (χ3v) is 4.70. The third kappa shape index (κ3) is 3.67. The van der Waals surface area contributed by atoms with Crippen LogP contribution >= 0.6 is 0 Å². The van der Waals surface area contributed by atoms with E-state index in [4.69, 9.17) is 0 Å². The van der Waals surface area contributed by atoms with Crippen molar-refractivity contribution in [2.75, 3.05) is 7.11 Å². The number of esters is 1. The van der Waals surface area contributed by atoms with Crippen molar-refractivity contribution in [2.24, 2.45) is 0 Å². The van der Waals surface area contributed by atoms with Gasteiger partial charge in [-0.05, 0) is 32.0 Å². The highest BCUT2D eigenvalue weighted by molar-refractivity contribution is 5.98. The lowest BCUT2D eigenvalue weighted by Crippen LogP contribution is -2.18. The van der Waals surface area contributed by atoms with Gasteiger partial charge in [0.25, 0.3) is 0 Å². The Morgan fingerprint density at radius 1 is 1.19 bits per heavy atom. The Hall–Kier alpha value is -3.22. The molecule has 2 heterocycles. The fraction of sp³-hybridized carbons (Fsp3) is 0.300. The van der Waals surface area contributed by atoms with Gasteiger partial charge in [0.15, 0.2) is 5.78 Å². The number of aromatic nitrogens is 3. The molecule has 2 aromatic heterocycles.